The Morgan fingerprint density at radius 1 is 0.946 bits per heavy atom. The van der Waals surface area contributed by atoms with Gasteiger partial charge in [-0.3, -0.25) is 9.52 Å². The highest BCUT2D eigenvalue weighted by atomic mass is 32.2. The Bertz CT molecular complexity index is 1340. The van der Waals surface area contributed by atoms with E-state index in [1.165, 1.54) is 30.3 Å². The number of carbonyl (C=O) groups is 1. The van der Waals surface area contributed by atoms with Crippen LogP contribution in [0, 0.1) is 6.92 Å². The molecule has 1 amide bonds. The van der Waals surface area contributed by atoms with E-state index in [0.717, 1.165) is 17.7 Å². The molecule has 0 bridgehead atoms. The van der Waals surface area contributed by atoms with E-state index in [1.54, 1.807) is 35.2 Å². The molecule has 1 aliphatic rings. The number of benzene rings is 3. The molecule has 0 aliphatic carbocycles. The number of aryl methyl sites for hydroxylation is 1. The van der Waals surface area contributed by atoms with Crippen LogP contribution in [-0.4, -0.2) is 52.0 Å². The van der Waals surface area contributed by atoms with Crippen LogP contribution < -0.4 is 14.4 Å². The van der Waals surface area contributed by atoms with E-state index < -0.39 is 21.8 Å². The highest BCUT2D eigenvalue weighted by molar-refractivity contribution is 7.92. The summed E-state index contributed by atoms with van der Waals surface area (Å²) in [4.78, 5) is 16.0. The topological polar surface area (TPSA) is 78.9 Å². The van der Waals surface area contributed by atoms with Gasteiger partial charge in [-0.1, -0.05) is 23.8 Å². The molecule has 4 rings (SSSR count). The third-order valence-corrected chi connectivity index (χ3v) is 7.37. The number of rotatable bonds is 7. The third kappa shape index (κ3) is 6.73. The van der Waals surface area contributed by atoms with Crippen molar-refractivity contribution in [1.82, 2.24) is 4.90 Å². The first-order valence-electron chi connectivity index (χ1n) is 11.5. The van der Waals surface area contributed by atoms with Crippen molar-refractivity contribution in [2.75, 3.05) is 42.4 Å². The number of sulfonamides is 1. The van der Waals surface area contributed by atoms with Gasteiger partial charge in [-0.25, -0.2) is 8.42 Å². The number of piperazine rings is 1. The van der Waals surface area contributed by atoms with Gasteiger partial charge in [0.25, 0.3) is 15.9 Å². The number of carbonyl (C=O) groups excluding carboxylic acids is 1. The maximum Gasteiger partial charge on any atom is 0.416 e. The number of alkyl halides is 3. The second-order valence-electron chi connectivity index (χ2n) is 8.65. The number of anilines is 2. The first-order chi connectivity index (χ1) is 17.5. The number of nitrogens with zero attached hydrogens (tertiary/aromatic N) is 2. The molecule has 0 spiro atoms. The molecule has 3 aromatic carbocycles. The third-order valence-electron chi connectivity index (χ3n) is 5.97. The normalized spacial score (nSPS) is 14.4. The molecule has 1 N–H and O–H groups in total. The molecule has 1 heterocycles. The summed E-state index contributed by atoms with van der Waals surface area (Å²) in [7, 11) is -3.78. The summed E-state index contributed by atoms with van der Waals surface area (Å²) < 4.78 is 72.2. The molecule has 3 aromatic rings. The van der Waals surface area contributed by atoms with Crippen molar-refractivity contribution in [3.8, 4) is 5.75 Å². The van der Waals surface area contributed by atoms with E-state index in [1.807, 2.05) is 11.8 Å². The molecular formula is C26H26F3N3O4S. The highest BCUT2D eigenvalue weighted by Crippen LogP contribution is 2.32. The second-order valence-corrected chi connectivity index (χ2v) is 10.3. The van der Waals surface area contributed by atoms with Crippen LogP contribution in [0.1, 0.15) is 11.1 Å². The maximum absolute atomic E-state index is 13.0. The molecule has 0 radical (unpaired) electrons. The number of ether oxygens (including phenoxy) is 1. The van der Waals surface area contributed by atoms with Crippen LogP contribution >= 0.6 is 0 Å². The zero-order chi connectivity index (χ0) is 26.6. The SMILES string of the molecule is Cc1ccc(NS(=O)(=O)c2ccc(OCC(=O)N3CCN(c4cccc(C(F)(F)F)c4)CC3)cc2)cc1. The number of hydrogen-bond acceptors (Lipinski definition) is 5. The van der Waals surface area contributed by atoms with Gasteiger partial charge in [0.1, 0.15) is 5.75 Å². The molecule has 0 unspecified atom stereocenters. The monoisotopic (exact) mass is 533 g/mol. The molecule has 0 saturated carbocycles. The summed E-state index contributed by atoms with van der Waals surface area (Å²) in [5.41, 5.74) is 1.22. The van der Waals surface area contributed by atoms with Gasteiger partial charge < -0.3 is 14.5 Å². The van der Waals surface area contributed by atoms with Crippen LogP contribution in [0.2, 0.25) is 0 Å². The number of amides is 1. The molecule has 1 aliphatic heterocycles. The average Bonchev–Trinajstić information content (AvgIpc) is 2.88. The Morgan fingerprint density at radius 3 is 2.22 bits per heavy atom. The van der Waals surface area contributed by atoms with E-state index in [-0.39, 0.29) is 17.4 Å². The zero-order valence-electron chi connectivity index (χ0n) is 20.0. The fourth-order valence-electron chi connectivity index (χ4n) is 3.88. The lowest BCUT2D eigenvalue weighted by Crippen LogP contribution is -2.50. The molecule has 11 heteroatoms. The number of nitrogens with one attached hydrogen (secondary N) is 1. The summed E-state index contributed by atoms with van der Waals surface area (Å²) in [6.07, 6.45) is -4.41. The zero-order valence-corrected chi connectivity index (χ0v) is 20.8. The van der Waals surface area contributed by atoms with Crippen LogP contribution in [0.25, 0.3) is 0 Å². The van der Waals surface area contributed by atoms with Gasteiger partial charge in [0.05, 0.1) is 10.5 Å². The van der Waals surface area contributed by atoms with E-state index in [9.17, 15) is 26.4 Å². The maximum atomic E-state index is 13.0. The van der Waals surface area contributed by atoms with Gasteiger partial charge in [-0.2, -0.15) is 13.2 Å². The highest BCUT2D eigenvalue weighted by Gasteiger charge is 2.31. The van der Waals surface area contributed by atoms with Gasteiger partial charge in [-0.15, -0.1) is 0 Å². The molecule has 37 heavy (non-hydrogen) atoms. The van der Waals surface area contributed by atoms with Gasteiger partial charge in [0, 0.05) is 37.6 Å². The molecule has 1 saturated heterocycles. The van der Waals surface area contributed by atoms with E-state index in [0.29, 0.717) is 43.3 Å². The lowest BCUT2D eigenvalue weighted by molar-refractivity contribution is -0.137. The quantitative estimate of drug-likeness (QED) is 0.483. The minimum absolute atomic E-state index is 0.0532. The predicted octanol–water partition coefficient (Wildman–Crippen LogP) is 4.54. The van der Waals surface area contributed by atoms with Crippen LogP contribution in [0.15, 0.2) is 77.7 Å². The average molecular weight is 534 g/mol. The van der Waals surface area contributed by atoms with Crippen molar-refractivity contribution in [1.29, 1.82) is 0 Å². The molecule has 196 valence electrons. The van der Waals surface area contributed by atoms with Crippen molar-refractivity contribution in [2.24, 2.45) is 0 Å². The molecule has 0 atom stereocenters. The molecule has 1 fully saturated rings. The van der Waals surface area contributed by atoms with Gasteiger partial charge in [0.15, 0.2) is 6.61 Å². The predicted molar refractivity (Wildman–Crippen MR) is 134 cm³/mol. The summed E-state index contributed by atoms with van der Waals surface area (Å²) in [6, 6.07) is 17.8. The number of halogens is 3. The van der Waals surface area contributed by atoms with Crippen molar-refractivity contribution < 1.29 is 31.1 Å². The molecule has 0 aromatic heterocycles. The Hall–Kier alpha value is -3.73. The Balaban J connectivity index is 1.28. The van der Waals surface area contributed by atoms with Gasteiger partial charge >= 0.3 is 6.18 Å². The minimum Gasteiger partial charge on any atom is -0.484 e. The smallest absolute Gasteiger partial charge is 0.416 e. The van der Waals surface area contributed by atoms with E-state index >= 15 is 0 Å². The Morgan fingerprint density at radius 2 is 1.59 bits per heavy atom. The minimum atomic E-state index is -4.41. The van der Waals surface area contributed by atoms with Crippen molar-refractivity contribution >= 4 is 27.3 Å². The second kappa shape index (κ2) is 10.7. The van der Waals surface area contributed by atoms with Gasteiger partial charge in [-0.05, 0) is 61.5 Å². The Labute approximate surface area is 213 Å². The fraction of sp³-hybridized carbons (Fsp3) is 0.269. The lowest BCUT2D eigenvalue weighted by Gasteiger charge is -2.36. The first kappa shape index (κ1) is 26.3. The van der Waals surface area contributed by atoms with Crippen LogP contribution in [0.4, 0.5) is 24.5 Å². The molecular weight excluding hydrogens is 507 g/mol. The first-order valence-corrected chi connectivity index (χ1v) is 13.0. The summed E-state index contributed by atoms with van der Waals surface area (Å²) in [5.74, 6) is 0.0756. The van der Waals surface area contributed by atoms with Crippen LogP contribution in [0.3, 0.4) is 0 Å². The largest absolute Gasteiger partial charge is 0.484 e. The summed E-state index contributed by atoms with van der Waals surface area (Å²) in [6.45, 7) is 3.15. The Kier molecular flexibility index (Phi) is 7.63. The van der Waals surface area contributed by atoms with Crippen LogP contribution in [-0.2, 0) is 21.0 Å². The molecule has 7 nitrogen and oxygen atoms in total. The fourth-order valence-corrected chi connectivity index (χ4v) is 4.94. The van der Waals surface area contributed by atoms with Crippen LogP contribution in [0.5, 0.6) is 5.75 Å². The van der Waals surface area contributed by atoms with Crippen molar-refractivity contribution in [3.05, 3.63) is 83.9 Å². The summed E-state index contributed by atoms with van der Waals surface area (Å²) >= 11 is 0. The summed E-state index contributed by atoms with van der Waals surface area (Å²) in [5, 5.41) is 0. The van der Waals surface area contributed by atoms with E-state index in [4.69, 9.17) is 4.74 Å². The lowest BCUT2D eigenvalue weighted by atomic mass is 10.1. The van der Waals surface area contributed by atoms with Crippen molar-refractivity contribution in [3.63, 3.8) is 0 Å². The van der Waals surface area contributed by atoms with E-state index in [2.05, 4.69) is 4.72 Å². The number of hydrogen-bond donors (Lipinski definition) is 1. The van der Waals surface area contributed by atoms with Crippen molar-refractivity contribution in [2.45, 2.75) is 18.0 Å². The standard InChI is InChI=1S/C26H26F3N3O4S/c1-19-5-7-21(8-6-19)30-37(34,35)24-11-9-23(10-12-24)36-18-25(33)32-15-13-31(14-16-32)22-4-2-3-20(17-22)26(27,28)29/h2-12,17,30H,13-16,18H2,1H3. The van der Waals surface area contributed by atoms with Gasteiger partial charge in [0.2, 0.25) is 0 Å².